The molecule has 1 fully saturated rings. The molecule has 2 atom stereocenters. The van der Waals surface area contributed by atoms with Crippen LogP contribution in [0.3, 0.4) is 0 Å². The van der Waals surface area contributed by atoms with Gasteiger partial charge in [-0.15, -0.1) is 0 Å². The fourth-order valence-electron chi connectivity index (χ4n) is 2.58. The summed E-state index contributed by atoms with van der Waals surface area (Å²) in [4.78, 5) is 0. The van der Waals surface area contributed by atoms with Gasteiger partial charge in [0.2, 0.25) is 0 Å². The predicted octanol–water partition coefficient (Wildman–Crippen LogP) is 1.32. The zero-order chi connectivity index (χ0) is 13.2. The minimum atomic E-state index is -2.81. The predicted molar refractivity (Wildman–Crippen MR) is 72.6 cm³/mol. The second kappa shape index (κ2) is 5.38. The van der Waals surface area contributed by atoms with Crippen LogP contribution in [-0.2, 0) is 9.84 Å². The van der Waals surface area contributed by atoms with Crippen LogP contribution in [-0.4, -0.2) is 19.9 Å². The molecule has 0 bridgehead atoms. The molecule has 1 aromatic rings. The second-order valence-corrected chi connectivity index (χ2v) is 7.37. The summed E-state index contributed by atoms with van der Waals surface area (Å²) >= 11 is 0. The third-order valence-corrected chi connectivity index (χ3v) is 5.38. The number of hydrogen-bond donors (Lipinski definition) is 2. The SMILES string of the molecule is Cc1cccc(C(CC2CCS(=O)(=O)C2)NN)c1. The minimum absolute atomic E-state index is 0.0307. The molecule has 3 N–H and O–H groups in total. The van der Waals surface area contributed by atoms with Crippen molar-refractivity contribution in [3.63, 3.8) is 0 Å². The molecule has 5 heteroatoms. The number of nitrogens with two attached hydrogens (primary N) is 1. The van der Waals surface area contributed by atoms with Crippen molar-refractivity contribution in [2.45, 2.75) is 25.8 Å². The van der Waals surface area contributed by atoms with Gasteiger partial charge in [0.15, 0.2) is 9.84 Å². The number of rotatable bonds is 4. The Hall–Kier alpha value is -0.910. The van der Waals surface area contributed by atoms with Crippen molar-refractivity contribution in [2.75, 3.05) is 11.5 Å². The van der Waals surface area contributed by atoms with Gasteiger partial charge in [0.25, 0.3) is 0 Å². The van der Waals surface area contributed by atoms with Crippen LogP contribution in [0.15, 0.2) is 24.3 Å². The van der Waals surface area contributed by atoms with E-state index in [2.05, 4.69) is 11.5 Å². The molecule has 18 heavy (non-hydrogen) atoms. The Kier molecular flexibility index (Phi) is 4.04. The number of sulfone groups is 1. The third kappa shape index (κ3) is 3.31. The van der Waals surface area contributed by atoms with E-state index >= 15 is 0 Å². The lowest BCUT2D eigenvalue weighted by molar-refractivity contribution is 0.421. The van der Waals surface area contributed by atoms with Crippen molar-refractivity contribution < 1.29 is 8.42 Å². The summed E-state index contributed by atoms with van der Waals surface area (Å²) in [6, 6.07) is 8.19. The molecule has 0 saturated carbocycles. The fraction of sp³-hybridized carbons (Fsp3) is 0.538. The lowest BCUT2D eigenvalue weighted by Crippen LogP contribution is -2.30. The average molecular weight is 268 g/mol. The summed E-state index contributed by atoms with van der Waals surface area (Å²) < 4.78 is 22.9. The first-order valence-corrected chi connectivity index (χ1v) is 8.05. The molecule has 0 aliphatic carbocycles. The van der Waals surface area contributed by atoms with Gasteiger partial charge in [-0.1, -0.05) is 29.8 Å². The summed E-state index contributed by atoms with van der Waals surface area (Å²) in [6.45, 7) is 2.04. The quantitative estimate of drug-likeness (QED) is 0.638. The first-order chi connectivity index (χ1) is 8.50. The highest BCUT2D eigenvalue weighted by Gasteiger charge is 2.29. The van der Waals surface area contributed by atoms with Crippen molar-refractivity contribution in [3.8, 4) is 0 Å². The second-order valence-electron chi connectivity index (χ2n) is 5.14. The van der Waals surface area contributed by atoms with Crippen LogP contribution in [0.5, 0.6) is 0 Å². The van der Waals surface area contributed by atoms with Crippen molar-refractivity contribution >= 4 is 9.84 Å². The summed E-state index contributed by atoms with van der Waals surface area (Å²) in [5, 5.41) is 0. The molecule has 4 nitrogen and oxygen atoms in total. The zero-order valence-electron chi connectivity index (χ0n) is 10.6. The molecule has 0 aromatic heterocycles. The van der Waals surface area contributed by atoms with Crippen molar-refractivity contribution in [2.24, 2.45) is 11.8 Å². The number of benzene rings is 1. The Bertz CT molecular complexity index is 513. The smallest absolute Gasteiger partial charge is 0.150 e. The monoisotopic (exact) mass is 268 g/mol. The third-order valence-electron chi connectivity index (χ3n) is 3.54. The van der Waals surface area contributed by atoms with Gasteiger partial charge in [0.1, 0.15) is 0 Å². The molecule has 100 valence electrons. The molecule has 1 aliphatic heterocycles. The number of aryl methyl sites for hydroxylation is 1. The van der Waals surface area contributed by atoms with Gasteiger partial charge in [-0.25, -0.2) is 8.42 Å². The van der Waals surface area contributed by atoms with Crippen molar-refractivity contribution in [1.82, 2.24) is 5.43 Å². The van der Waals surface area contributed by atoms with E-state index in [0.29, 0.717) is 11.5 Å². The number of nitrogens with one attached hydrogen (secondary N) is 1. The largest absolute Gasteiger partial charge is 0.271 e. The molecule has 1 aliphatic rings. The van der Waals surface area contributed by atoms with Crippen LogP contribution in [0.25, 0.3) is 0 Å². The Labute approximate surface area is 108 Å². The van der Waals surface area contributed by atoms with Crippen molar-refractivity contribution in [1.29, 1.82) is 0 Å². The molecular formula is C13H20N2O2S. The van der Waals surface area contributed by atoms with E-state index in [0.717, 1.165) is 18.4 Å². The Morgan fingerprint density at radius 2 is 2.28 bits per heavy atom. The maximum Gasteiger partial charge on any atom is 0.150 e. The van der Waals surface area contributed by atoms with Gasteiger partial charge >= 0.3 is 0 Å². The molecule has 0 amide bonds. The highest BCUT2D eigenvalue weighted by molar-refractivity contribution is 7.91. The van der Waals surface area contributed by atoms with Gasteiger partial charge in [0.05, 0.1) is 11.5 Å². The first kappa shape index (κ1) is 13.5. The van der Waals surface area contributed by atoms with Gasteiger partial charge in [0, 0.05) is 6.04 Å². The van der Waals surface area contributed by atoms with Crippen molar-refractivity contribution in [3.05, 3.63) is 35.4 Å². The minimum Gasteiger partial charge on any atom is -0.271 e. The molecule has 2 rings (SSSR count). The van der Waals surface area contributed by atoms with E-state index in [9.17, 15) is 8.42 Å². The highest BCUT2D eigenvalue weighted by Crippen LogP contribution is 2.28. The van der Waals surface area contributed by atoms with E-state index in [1.165, 1.54) is 5.56 Å². The summed E-state index contributed by atoms with van der Waals surface area (Å²) in [7, 11) is -2.81. The van der Waals surface area contributed by atoms with Crippen LogP contribution in [0.2, 0.25) is 0 Å². The average Bonchev–Trinajstić information content (AvgIpc) is 2.65. The van der Waals surface area contributed by atoms with Gasteiger partial charge < -0.3 is 0 Å². The van der Waals surface area contributed by atoms with Crippen LogP contribution < -0.4 is 11.3 Å². The summed E-state index contributed by atoms with van der Waals surface area (Å²) in [6.07, 6.45) is 1.53. The highest BCUT2D eigenvalue weighted by atomic mass is 32.2. The molecule has 1 aromatic carbocycles. The van der Waals surface area contributed by atoms with E-state index < -0.39 is 9.84 Å². The van der Waals surface area contributed by atoms with Crippen LogP contribution >= 0.6 is 0 Å². The van der Waals surface area contributed by atoms with E-state index in [-0.39, 0.29) is 12.0 Å². The van der Waals surface area contributed by atoms with Gasteiger partial charge in [-0.2, -0.15) is 0 Å². The van der Waals surface area contributed by atoms with Gasteiger partial charge in [-0.05, 0) is 31.2 Å². The van der Waals surface area contributed by atoms with Crippen LogP contribution in [0.4, 0.5) is 0 Å². The van der Waals surface area contributed by atoms with E-state index in [4.69, 9.17) is 5.84 Å². The maximum absolute atomic E-state index is 11.4. The molecule has 1 saturated heterocycles. The number of hydrazine groups is 1. The van der Waals surface area contributed by atoms with Crippen LogP contribution in [0.1, 0.15) is 30.0 Å². The molecule has 2 unspecified atom stereocenters. The van der Waals surface area contributed by atoms with E-state index in [1.807, 2.05) is 25.1 Å². The summed E-state index contributed by atoms with van der Waals surface area (Å²) in [5.74, 6) is 6.44. The maximum atomic E-state index is 11.4. The lowest BCUT2D eigenvalue weighted by atomic mass is 9.94. The fourth-order valence-corrected chi connectivity index (χ4v) is 4.46. The first-order valence-electron chi connectivity index (χ1n) is 6.23. The molecular weight excluding hydrogens is 248 g/mol. The van der Waals surface area contributed by atoms with Gasteiger partial charge in [-0.3, -0.25) is 11.3 Å². The molecule has 0 radical (unpaired) electrons. The summed E-state index contributed by atoms with van der Waals surface area (Å²) in [5.41, 5.74) is 5.12. The zero-order valence-corrected chi connectivity index (χ0v) is 11.4. The standard InChI is InChI=1S/C13H20N2O2S/c1-10-3-2-4-12(7-10)13(15-14)8-11-5-6-18(16,17)9-11/h2-4,7,11,13,15H,5-6,8-9,14H2,1H3. The Morgan fingerprint density at radius 1 is 1.50 bits per heavy atom. The normalized spacial score (nSPS) is 24.0. The lowest BCUT2D eigenvalue weighted by Gasteiger charge is -2.20. The topological polar surface area (TPSA) is 72.2 Å². The van der Waals surface area contributed by atoms with Crippen LogP contribution in [0, 0.1) is 12.8 Å². The Morgan fingerprint density at radius 3 is 2.83 bits per heavy atom. The molecule has 1 heterocycles. The molecule has 0 spiro atoms. The number of hydrogen-bond acceptors (Lipinski definition) is 4. The Balaban J connectivity index is 2.06. The van der Waals surface area contributed by atoms with E-state index in [1.54, 1.807) is 0 Å².